The zero-order valence-electron chi connectivity index (χ0n) is 43.0. The highest BCUT2D eigenvalue weighted by Crippen LogP contribution is 2.51. The van der Waals surface area contributed by atoms with Gasteiger partial charge in [0, 0.05) is 88.4 Å². The zero-order valence-corrected chi connectivity index (χ0v) is 44.6. The third-order valence-corrected chi connectivity index (χ3v) is 14.2. The largest absolute Gasteiger partial charge is 0.744 e. The smallest absolute Gasteiger partial charge is 0.303 e. The number of carboxylic acids is 1. The SMILES string of the molecule is COCCOCCOCCOCCC1(C)C(/C=C/C=C/C=C/C=C2/N(CCOC)c3ccc(S(=O)(=O)[O-])cc3C2(C)CCOCCOCCOCCOC)=[N+](CCCCCC(=O)O)c2ccc(S(=O)(=O)[O-])cc21. The van der Waals surface area contributed by atoms with E-state index in [0.717, 1.165) is 22.8 Å². The lowest BCUT2D eigenvalue weighted by atomic mass is 9.76. The summed E-state index contributed by atoms with van der Waals surface area (Å²) in [6.45, 7) is 10.9. The molecule has 2 aliphatic rings. The van der Waals surface area contributed by atoms with Gasteiger partial charge in [0.05, 0.1) is 101 Å². The van der Waals surface area contributed by atoms with Crippen molar-refractivity contribution in [3.8, 4) is 0 Å². The van der Waals surface area contributed by atoms with Crippen molar-refractivity contribution in [3.63, 3.8) is 0 Å². The van der Waals surface area contributed by atoms with Gasteiger partial charge >= 0.3 is 5.97 Å². The monoisotopic (exact) mass is 1060 g/mol. The Hall–Kier alpha value is -4.20. The molecule has 1 N–H and O–H groups in total. The van der Waals surface area contributed by atoms with Crippen LogP contribution in [0.15, 0.2) is 94.4 Å². The Labute approximate surface area is 431 Å². The second-order valence-electron chi connectivity index (χ2n) is 17.7. The molecule has 2 atom stereocenters. The van der Waals surface area contributed by atoms with Crippen molar-refractivity contribution >= 4 is 43.3 Å². The van der Waals surface area contributed by atoms with Gasteiger partial charge in [-0.05, 0) is 81.5 Å². The number of hydrogen-bond acceptors (Lipinski definition) is 17. The van der Waals surface area contributed by atoms with E-state index < -0.39 is 37.0 Å². The Balaban J connectivity index is 1.59. The van der Waals surface area contributed by atoms with Crippen molar-refractivity contribution in [2.45, 2.75) is 73.0 Å². The van der Waals surface area contributed by atoms with Crippen LogP contribution in [0.2, 0.25) is 0 Å². The molecule has 0 amide bonds. The highest BCUT2D eigenvalue weighted by molar-refractivity contribution is 7.86. The normalized spacial score (nSPS) is 18.7. The van der Waals surface area contributed by atoms with Crippen molar-refractivity contribution in [2.75, 3.05) is 138 Å². The van der Waals surface area contributed by atoms with E-state index in [1.165, 1.54) is 24.3 Å². The fourth-order valence-corrected chi connectivity index (χ4v) is 9.69. The van der Waals surface area contributed by atoms with Crippen LogP contribution in [0.25, 0.3) is 0 Å². The first kappa shape index (κ1) is 61.3. The quantitative estimate of drug-likeness (QED) is 0.0368. The molecule has 0 spiro atoms. The van der Waals surface area contributed by atoms with Gasteiger partial charge in [0.2, 0.25) is 5.69 Å². The van der Waals surface area contributed by atoms with Gasteiger partial charge in [-0.3, -0.25) is 4.79 Å². The molecule has 2 heterocycles. The van der Waals surface area contributed by atoms with E-state index in [-0.39, 0.29) is 16.2 Å². The number of rotatable bonds is 39. The lowest BCUT2D eigenvalue weighted by molar-refractivity contribution is -0.438. The highest BCUT2D eigenvalue weighted by Gasteiger charge is 2.48. The lowest BCUT2D eigenvalue weighted by Gasteiger charge is -2.30. The first-order chi connectivity index (χ1) is 35.0. The summed E-state index contributed by atoms with van der Waals surface area (Å²) in [5, 5.41) is 9.22. The number of nitrogens with zero attached hydrogens (tertiary/aromatic N) is 2. The summed E-state index contributed by atoms with van der Waals surface area (Å²) in [5.74, 6) is -0.865. The average Bonchev–Trinajstić information content (AvgIpc) is 3.72. The molecule has 19 nitrogen and oxygen atoms in total. The number of fused-ring (bicyclic) bond motifs is 2. The first-order valence-electron chi connectivity index (χ1n) is 24.5. The van der Waals surface area contributed by atoms with Crippen LogP contribution < -0.4 is 4.90 Å². The topological polar surface area (TPSA) is 241 Å². The van der Waals surface area contributed by atoms with Gasteiger partial charge in [-0.1, -0.05) is 30.4 Å². The molecule has 0 radical (unpaired) electrons. The van der Waals surface area contributed by atoms with Crippen LogP contribution in [0.1, 0.15) is 63.5 Å². The predicted octanol–water partition coefficient (Wildman–Crippen LogP) is 5.65. The van der Waals surface area contributed by atoms with Crippen molar-refractivity contribution in [2.24, 2.45) is 0 Å². The summed E-state index contributed by atoms with van der Waals surface area (Å²) < 4.78 is 125. The van der Waals surface area contributed by atoms with Crippen LogP contribution in [-0.2, 0) is 78.5 Å². The first-order valence-corrected chi connectivity index (χ1v) is 27.3. The summed E-state index contributed by atoms with van der Waals surface area (Å²) in [6.07, 6.45) is 16.0. The summed E-state index contributed by atoms with van der Waals surface area (Å²) in [5.41, 5.74) is 2.96. The van der Waals surface area contributed by atoms with E-state index in [2.05, 4.69) is 9.48 Å². The number of benzene rings is 2. The van der Waals surface area contributed by atoms with Gasteiger partial charge in [0.25, 0.3) is 0 Å². The molecule has 0 saturated carbocycles. The number of anilines is 1. The fraction of sp³-hybridized carbons (Fsp3) is 0.577. The molecule has 0 fully saturated rings. The molecular formula is C52H75N2O17S2-. The molecule has 0 aromatic heterocycles. The van der Waals surface area contributed by atoms with Crippen LogP contribution >= 0.6 is 0 Å². The number of methoxy groups -OCH3 is 3. The van der Waals surface area contributed by atoms with Crippen molar-refractivity contribution < 1.29 is 83.0 Å². The van der Waals surface area contributed by atoms with Crippen molar-refractivity contribution in [1.29, 1.82) is 0 Å². The van der Waals surface area contributed by atoms with Gasteiger partial charge in [0.1, 0.15) is 26.8 Å². The molecule has 2 aromatic rings. The van der Waals surface area contributed by atoms with Crippen molar-refractivity contribution in [3.05, 3.63) is 95.8 Å². The van der Waals surface area contributed by atoms with Gasteiger partial charge in [0.15, 0.2) is 5.71 Å². The number of carbonyl (C=O) groups is 1. The standard InChI is InChI=1S/C52H76N2O17S2/c1-51(21-25-66-32-34-70-38-36-68-30-28-64-4)44-40-42(72(57,58)59)17-19-46(44)53(23-13-9-12-16-50(55)56)48(51)14-10-7-6-8-11-15-49-52(2,22-26-67-33-35-71-39-37-69-31-29-65-5)45-41-43(73(60,61)62)18-20-47(45)54(49)24-27-63-3/h6-8,10-11,14-15,17-20,40-41H,9,12-13,16,21-39H2,1-5H3,(H2-,55,56,57,58,59,60,61,62)/p-1. The number of ether oxygens (including phenoxy) is 9. The molecule has 2 aliphatic heterocycles. The molecule has 73 heavy (non-hydrogen) atoms. The maximum Gasteiger partial charge on any atom is 0.303 e. The molecule has 0 saturated heterocycles. The van der Waals surface area contributed by atoms with Crippen LogP contribution in [0.5, 0.6) is 0 Å². The van der Waals surface area contributed by atoms with Gasteiger partial charge in [-0.25, -0.2) is 16.8 Å². The predicted molar refractivity (Wildman–Crippen MR) is 272 cm³/mol. The van der Waals surface area contributed by atoms with Crippen LogP contribution in [0, 0.1) is 0 Å². The number of carboxylic acid groups (broad SMARTS) is 1. The van der Waals surface area contributed by atoms with E-state index in [0.29, 0.717) is 155 Å². The van der Waals surface area contributed by atoms with E-state index in [1.807, 2.05) is 56.4 Å². The molecule has 0 bridgehead atoms. The van der Waals surface area contributed by atoms with E-state index in [9.17, 15) is 35.8 Å². The number of aliphatic carboxylic acids is 1. The minimum atomic E-state index is -4.78. The van der Waals surface area contributed by atoms with Crippen molar-refractivity contribution in [1.82, 2.24) is 0 Å². The summed E-state index contributed by atoms with van der Waals surface area (Å²) in [7, 11) is -4.72. The number of allylic oxidation sites excluding steroid dienone is 8. The highest BCUT2D eigenvalue weighted by atomic mass is 32.2. The van der Waals surface area contributed by atoms with Crippen LogP contribution in [0.4, 0.5) is 11.4 Å². The maximum atomic E-state index is 12.3. The number of unbranched alkanes of at least 4 members (excludes halogenated alkanes) is 2. The Morgan fingerprint density at radius 2 is 1.08 bits per heavy atom. The maximum absolute atomic E-state index is 12.3. The second-order valence-corrected chi connectivity index (χ2v) is 20.4. The molecule has 0 aliphatic carbocycles. The molecule has 2 aromatic carbocycles. The molecule has 21 heteroatoms. The van der Waals surface area contributed by atoms with E-state index in [1.54, 1.807) is 33.5 Å². The van der Waals surface area contributed by atoms with Crippen LogP contribution in [-0.4, -0.2) is 181 Å². The minimum absolute atomic E-state index is 0.0499. The van der Waals surface area contributed by atoms with Gasteiger partial charge in [-0.2, -0.15) is 4.58 Å². The Morgan fingerprint density at radius 3 is 1.62 bits per heavy atom. The van der Waals surface area contributed by atoms with Gasteiger partial charge < -0.3 is 61.7 Å². The van der Waals surface area contributed by atoms with E-state index >= 15 is 0 Å². The zero-order chi connectivity index (χ0) is 53.2. The number of hydrogen-bond donors (Lipinski definition) is 1. The molecule has 408 valence electrons. The fourth-order valence-electron chi connectivity index (χ4n) is 8.69. The summed E-state index contributed by atoms with van der Waals surface area (Å²) in [6, 6.07) is 8.86. The van der Waals surface area contributed by atoms with Crippen LogP contribution in [0.3, 0.4) is 0 Å². The third-order valence-electron chi connectivity index (χ3n) is 12.6. The molecular weight excluding hydrogens is 989 g/mol. The molecule has 4 rings (SSSR count). The van der Waals surface area contributed by atoms with Gasteiger partial charge in [-0.15, -0.1) is 0 Å². The lowest BCUT2D eigenvalue weighted by Crippen LogP contribution is -2.33. The summed E-state index contributed by atoms with van der Waals surface area (Å²) in [4.78, 5) is 12.7. The second kappa shape index (κ2) is 31.6. The molecule has 2 unspecified atom stereocenters. The Kier molecular flexibility index (Phi) is 26.6. The van der Waals surface area contributed by atoms with E-state index in [4.69, 9.17) is 42.6 Å². The Morgan fingerprint density at radius 1 is 0.603 bits per heavy atom. The minimum Gasteiger partial charge on any atom is -0.744 e. The average molecular weight is 1060 g/mol. The third kappa shape index (κ3) is 19.2. The Bertz CT molecular complexity index is 2420. The summed E-state index contributed by atoms with van der Waals surface area (Å²) >= 11 is 0.